The summed E-state index contributed by atoms with van der Waals surface area (Å²) in [5.74, 6) is 1.90. The van der Waals surface area contributed by atoms with E-state index >= 15 is 0 Å². The third kappa shape index (κ3) is 2.21. The molecular formula is C20H15N5O3. The molecule has 28 heavy (non-hydrogen) atoms. The summed E-state index contributed by atoms with van der Waals surface area (Å²) in [5.41, 5.74) is 1.01. The average molecular weight is 373 g/mol. The van der Waals surface area contributed by atoms with E-state index in [9.17, 15) is 15.3 Å². The molecule has 2 aliphatic rings. The molecule has 5 rings (SSSR count). The highest BCUT2D eigenvalue weighted by atomic mass is 16.7. The van der Waals surface area contributed by atoms with Crippen LogP contribution in [0, 0.1) is 22.7 Å². The van der Waals surface area contributed by atoms with Crippen molar-refractivity contribution in [1.82, 2.24) is 14.2 Å². The first kappa shape index (κ1) is 16.4. The van der Waals surface area contributed by atoms with Gasteiger partial charge in [0.25, 0.3) is 5.56 Å². The molecule has 0 aliphatic carbocycles. The number of hydrogen-bond acceptors (Lipinski definition) is 6. The summed E-state index contributed by atoms with van der Waals surface area (Å²) >= 11 is 0. The van der Waals surface area contributed by atoms with E-state index in [2.05, 4.69) is 11.2 Å². The Labute approximate surface area is 159 Å². The van der Waals surface area contributed by atoms with Crippen LogP contribution in [0.2, 0.25) is 0 Å². The molecule has 1 aromatic carbocycles. The predicted molar refractivity (Wildman–Crippen MR) is 98.0 cm³/mol. The normalized spacial score (nSPS) is 14.9. The Morgan fingerprint density at radius 1 is 1.04 bits per heavy atom. The molecule has 2 aromatic heterocycles. The van der Waals surface area contributed by atoms with Crippen LogP contribution in [0.3, 0.4) is 0 Å². The van der Waals surface area contributed by atoms with E-state index in [0.29, 0.717) is 34.8 Å². The number of pyridine rings is 1. The summed E-state index contributed by atoms with van der Waals surface area (Å²) in [6, 6.07) is 9.36. The highest BCUT2D eigenvalue weighted by Crippen LogP contribution is 2.38. The molecule has 0 saturated heterocycles. The first-order valence-corrected chi connectivity index (χ1v) is 9.11. The molecular weight excluding hydrogens is 358 g/mol. The van der Waals surface area contributed by atoms with Crippen molar-refractivity contribution in [2.45, 2.75) is 32.2 Å². The lowest BCUT2D eigenvalue weighted by atomic mass is 9.96. The number of benzene rings is 1. The first-order chi connectivity index (χ1) is 13.7. The molecule has 0 spiro atoms. The summed E-state index contributed by atoms with van der Waals surface area (Å²) in [7, 11) is 0. The molecule has 0 amide bonds. The average Bonchev–Trinajstić information content (AvgIpc) is 3.25. The van der Waals surface area contributed by atoms with Crippen LogP contribution in [-0.2, 0) is 13.0 Å². The van der Waals surface area contributed by atoms with Gasteiger partial charge in [-0.05, 0) is 30.5 Å². The van der Waals surface area contributed by atoms with Gasteiger partial charge in [0.15, 0.2) is 17.1 Å². The van der Waals surface area contributed by atoms with Crippen molar-refractivity contribution in [2.75, 3.05) is 6.79 Å². The van der Waals surface area contributed by atoms with Gasteiger partial charge in [-0.1, -0.05) is 12.5 Å². The van der Waals surface area contributed by atoms with Gasteiger partial charge in [-0.25, -0.2) is 0 Å². The lowest BCUT2D eigenvalue weighted by Crippen LogP contribution is -2.21. The van der Waals surface area contributed by atoms with Gasteiger partial charge >= 0.3 is 0 Å². The van der Waals surface area contributed by atoms with Crippen molar-refractivity contribution in [3.8, 4) is 34.8 Å². The number of aryl methyl sites for hydroxylation is 2. The molecule has 0 bridgehead atoms. The molecule has 3 aromatic rings. The van der Waals surface area contributed by atoms with E-state index in [0.717, 1.165) is 31.5 Å². The zero-order valence-electron chi connectivity index (χ0n) is 14.9. The van der Waals surface area contributed by atoms with Gasteiger partial charge in [-0.3, -0.25) is 4.79 Å². The third-order valence-corrected chi connectivity index (χ3v) is 5.28. The first-order valence-electron chi connectivity index (χ1n) is 9.11. The number of rotatable bonds is 1. The lowest BCUT2D eigenvalue weighted by Gasteiger charge is -2.11. The lowest BCUT2D eigenvalue weighted by molar-refractivity contribution is 0.174. The number of ether oxygens (including phenoxy) is 2. The third-order valence-electron chi connectivity index (χ3n) is 5.28. The van der Waals surface area contributed by atoms with E-state index in [1.165, 1.54) is 4.52 Å². The number of nitriles is 2. The fourth-order valence-corrected chi connectivity index (χ4v) is 3.99. The van der Waals surface area contributed by atoms with Gasteiger partial charge < -0.3 is 14.0 Å². The van der Waals surface area contributed by atoms with Crippen molar-refractivity contribution < 1.29 is 9.47 Å². The summed E-state index contributed by atoms with van der Waals surface area (Å²) in [4.78, 5) is 13.1. The van der Waals surface area contributed by atoms with Crippen molar-refractivity contribution >= 4 is 5.65 Å². The largest absolute Gasteiger partial charge is 0.454 e. The van der Waals surface area contributed by atoms with Crippen molar-refractivity contribution in [3.63, 3.8) is 0 Å². The van der Waals surface area contributed by atoms with Crippen LogP contribution in [0.15, 0.2) is 23.0 Å². The fourth-order valence-electron chi connectivity index (χ4n) is 3.99. The summed E-state index contributed by atoms with van der Waals surface area (Å²) in [6.45, 7) is 0.812. The molecule has 2 aliphatic heterocycles. The van der Waals surface area contributed by atoms with Crippen molar-refractivity contribution in [3.05, 3.63) is 45.5 Å². The van der Waals surface area contributed by atoms with Crippen LogP contribution in [0.1, 0.15) is 36.2 Å². The molecule has 0 N–H and O–H groups in total. The smallest absolute Gasteiger partial charge is 0.291 e. The van der Waals surface area contributed by atoms with Crippen LogP contribution in [-0.4, -0.2) is 21.0 Å². The number of nitrogens with zero attached hydrogens (tertiary/aromatic N) is 5. The zero-order valence-corrected chi connectivity index (χ0v) is 14.9. The zero-order chi connectivity index (χ0) is 19.3. The second-order valence-electron chi connectivity index (χ2n) is 6.84. The highest BCUT2D eigenvalue weighted by Gasteiger charge is 2.26. The van der Waals surface area contributed by atoms with Crippen molar-refractivity contribution in [1.29, 1.82) is 10.5 Å². The van der Waals surface area contributed by atoms with Crippen LogP contribution in [0.5, 0.6) is 11.5 Å². The van der Waals surface area contributed by atoms with E-state index in [1.807, 2.05) is 10.6 Å². The maximum Gasteiger partial charge on any atom is 0.291 e. The van der Waals surface area contributed by atoms with Crippen LogP contribution >= 0.6 is 0 Å². The maximum atomic E-state index is 13.1. The Kier molecular flexibility index (Phi) is 3.59. The van der Waals surface area contributed by atoms with Crippen LogP contribution < -0.4 is 15.0 Å². The summed E-state index contributed by atoms with van der Waals surface area (Å²) < 4.78 is 13.9. The number of aromatic nitrogens is 3. The summed E-state index contributed by atoms with van der Waals surface area (Å²) in [5, 5.41) is 24.2. The maximum absolute atomic E-state index is 13.1. The van der Waals surface area contributed by atoms with E-state index < -0.39 is 5.56 Å². The van der Waals surface area contributed by atoms with E-state index in [1.54, 1.807) is 18.2 Å². The second kappa shape index (κ2) is 6.14. The molecule has 0 fully saturated rings. The van der Waals surface area contributed by atoms with E-state index in [-0.39, 0.29) is 17.9 Å². The Morgan fingerprint density at radius 3 is 2.68 bits per heavy atom. The Morgan fingerprint density at radius 2 is 1.86 bits per heavy atom. The van der Waals surface area contributed by atoms with Gasteiger partial charge in [-0.2, -0.15) is 15.0 Å². The number of hydrogen-bond donors (Lipinski definition) is 0. The Bertz CT molecular complexity index is 1270. The molecule has 0 saturated carbocycles. The summed E-state index contributed by atoms with van der Waals surface area (Å²) in [6.07, 6.45) is 3.76. The van der Waals surface area contributed by atoms with Crippen LogP contribution in [0.25, 0.3) is 16.8 Å². The Balaban J connectivity index is 1.89. The SMILES string of the molecule is N#Cc1c(-c2ccc3c(c2)OCO3)c(C#N)c2n3c(nn2c1=O)CCCCC3. The van der Waals surface area contributed by atoms with Gasteiger partial charge in [-0.15, -0.1) is 5.10 Å². The van der Waals surface area contributed by atoms with Gasteiger partial charge in [0.05, 0.1) is 0 Å². The highest BCUT2D eigenvalue weighted by molar-refractivity contribution is 5.83. The van der Waals surface area contributed by atoms with Gasteiger partial charge in [0.1, 0.15) is 29.1 Å². The van der Waals surface area contributed by atoms with Gasteiger partial charge in [0, 0.05) is 18.5 Å². The molecule has 0 unspecified atom stereocenters. The molecule has 0 radical (unpaired) electrons. The minimum atomic E-state index is -0.509. The van der Waals surface area contributed by atoms with E-state index in [4.69, 9.17) is 9.47 Å². The minimum Gasteiger partial charge on any atom is -0.454 e. The predicted octanol–water partition coefficient (Wildman–Crippen LogP) is 2.36. The molecule has 8 heteroatoms. The standard InChI is InChI=1S/C20H15N5O3/c21-9-13-18(12-5-6-15-16(8-12)28-11-27-15)14(10-22)20(26)25-19(13)24-7-3-1-2-4-17(24)23-25/h5-6,8H,1-4,7,11H2. The topological polar surface area (TPSA) is 105 Å². The van der Waals surface area contributed by atoms with Gasteiger partial charge in [0.2, 0.25) is 6.79 Å². The monoisotopic (exact) mass is 373 g/mol. The Hall–Kier alpha value is -3.78. The minimum absolute atomic E-state index is 0.0961. The quantitative estimate of drug-likeness (QED) is 0.648. The van der Waals surface area contributed by atoms with Crippen molar-refractivity contribution in [2.24, 2.45) is 0 Å². The second-order valence-corrected chi connectivity index (χ2v) is 6.84. The molecule has 8 nitrogen and oxygen atoms in total. The van der Waals surface area contributed by atoms with Crippen LogP contribution in [0.4, 0.5) is 0 Å². The number of fused-ring (bicyclic) bond motifs is 4. The fraction of sp³-hybridized carbons (Fsp3) is 0.300. The molecule has 138 valence electrons. The molecule has 0 atom stereocenters. The molecule has 4 heterocycles.